The molecule has 2 N–H and O–H groups in total. The lowest BCUT2D eigenvalue weighted by molar-refractivity contribution is -0.184. The topological polar surface area (TPSA) is 106 Å². The number of ether oxygens (including phenoxy) is 1. The molecule has 1 aliphatic carbocycles. The Morgan fingerprint density at radius 3 is 2.41 bits per heavy atom. The number of benzene rings is 2. The van der Waals surface area contributed by atoms with Crippen molar-refractivity contribution in [3.05, 3.63) is 65.9 Å². The summed E-state index contributed by atoms with van der Waals surface area (Å²) in [6, 6.07) is 12.0. The molecule has 1 saturated carbocycles. The highest BCUT2D eigenvalue weighted by Crippen LogP contribution is 2.39. The van der Waals surface area contributed by atoms with Gasteiger partial charge in [-0.1, -0.05) is 19.1 Å². The molecule has 210 valence electrons. The number of nitrogens with one attached hydrogen (secondary N) is 1. The quantitative estimate of drug-likeness (QED) is 0.368. The molecule has 4 rings (SSSR count). The third kappa shape index (κ3) is 6.88. The number of amides is 1. The second-order valence-electron chi connectivity index (χ2n) is 9.80. The van der Waals surface area contributed by atoms with E-state index in [9.17, 15) is 31.5 Å². The van der Waals surface area contributed by atoms with Crippen molar-refractivity contribution in [3.8, 4) is 5.88 Å². The van der Waals surface area contributed by atoms with Gasteiger partial charge in [0.25, 0.3) is 5.91 Å². The van der Waals surface area contributed by atoms with Crippen molar-refractivity contribution in [2.45, 2.75) is 49.7 Å². The number of aliphatic hydroxyl groups excluding tert-OH is 1. The molecule has 0 radical (unpaired) electrons. The van der Waals surface area contributed by atoms with Crippen LogP contribution in [0.1, 0.15) is 54.6 Å². The van der Waals surface area contributed by atoms with E-state index in [2.05, 4.69) is 10.3 Å². The molecule has 7 nitrogen and oxygen atoms in total. The molecular weight excluding hydrogens is 533 g/mol. The maximum atomic E-state index is 13.0. The van der Waals surface area contributed by atoms with Gasteiger partial charge in [0, 0.05) is 17.1 Å². The van der Waals surface area contributed by atoms with Crippen LogP contribution in [0.3, 0.4) is 0 Å². The molecule has 1 aliphatic rings. The number of carbonyl (C=O) groups is 1. The van der Waals surface area contributed by atoms with E-state index in [4.69, 9.17) is 4.74 Å². The second kappa shape index (κ2) is 11.9. The van der Waals surface area contributed by atoms with Gasteiger partial charge >= 0.3 is 6.18 Å². The van der Waals surface area contributed by atoms with Crippen LogP contribution < -0.4 is 10.1 Å². The summed E-state index contributed by atoms with van der Waals surface area (Å²) in [6.07, 6.45) is -1.49. The van der Waals surface area contributed by atoms with Crippen molar-refractivity contribution >= 4 is 26.5 Å². The van der Waals surface area contributed by atoms with E-state index < -0.39 is 33.9 Å². The first-order valence-corrected chi connectivity index (χ1v) is 14.5. The van der Waals surface area contributed by atoms with Crippen molar-refractivity contribution in [2.75, 3.05) is 19.0 Å². The molecule has 0 spiro atoms. The van der Waals surface area contributed by atoms with Gasteiger partial charge in [0.1, 0.15) is 0 Å². The predicted octanol–water partition coefficient (Wildman–Crippen LogP) is 5.24. The fourth-order valence-electron chi connectivity index (χ4n) is 4.81. The van der Waals surface area contributed by atoms with Crippen molar-refractivity contribution in [1.29, 1.82) is 0 Å². The van der Waals surface area contributed by atoms with Gasteiger partial charge in [0.05, 0.1) is 35.8 Å². The number of aromatic nitrogens is 1. The average molecular weight is 565 g/mol. The maximum absolute atomic E-state index is 13.0. The fraction of sp³-hybridized carbons (Fsp3) is 0.429. The summed E-state index contributed by atoms with van der Waals surface area (Å²) in [6.45, 7) is 1.45. The summed E-state index contributed by atoms with van der Waals surface area (Å²) in [4.78, 5) is 17.4. The third-order valence-electron chi connectivity index (χ3n) is 7.26. The summed E-state index contributed by atoms with van der Waals surface area (Å²) in [7, 11) is -3.36. The zero-order valence-electron chi connectivity index (χ0n) is 21.4. The van der Waals surface area contributed by atoms with Crippen LogP contribution in [0.25, 0.3) is 10.8 Å². The Kier molecular flexibility index (Phi) is 8.80. The van der Waals surface area contributed by atoms with E-state index in [-0.39, 0.29) is 42.6 Å². The minimum absolute atomic E-state index is 0.0252. The van der Waals surface area contributed by atoms with Gasteiger partial charge in [-0.15, -0.1) is 0 Å². The number of hydrogen-bond donors (Lipinski definition) is 2. The normalized spacial score (nSPS) is 19.0. The molecule has 39 heavy (non-hydrogen) atoms. The number of fused-ring (bicyclic) bond motifs is 1. The molecule has 1 amide bonds. The molecule has 1 heterocycles. The number of halogens is 3. The van der Waals surface area contributed by atoms with Gasteiger partial charge in [-0.05, 0) is 78.9 Å². The summed E-state index contributed by atoms with van der Waals surface area (Å²) in [5.74, 6) is -1.32. The molecule has 0 unspecified atom stereocenters. The first-order valence-electron chi connectivity index (χ1n) is 12.8. The monoisotopic (exact) mass is 564 g/mol. The van der Waals surface area contributed by atoms with Crippen LogP contribution in [0, 0.1) is 11.8 Å². The van der Waals surface area contributed by atoms with Crippen molar-refractivity contribution in [3.63, 3.8) is 0 Å². The molecule has 2 aromatic carbocycles. The molecule has 1 fully saturated rings. The fourth-order valence-corrected chi connectivity index (χ4v) is 5.69. The molecule has 0 saturated heterocycles. The highest BCUT2D eigenvalue weighted by molar-refractivity contribution is 7.91. The number of pyridine rings is 1. The van der Waals surface area contributed by atoms with E-state index in [1.54, 1.807) is 49.5 Å². The lowest BCUT2D eigenvalue weighted by atomic mass is 9.82. The predicted molar refractivity (Wildman–Crippen MR) is 140 cm³/mol. The second-order valence-corrected chi connectivity index (χ2v) is 12.1. The molecule has 1 atom stereocenters. The van der Waals surface area contributed by atoms with Crippen molar-refractivity contribution in [1.82, 2.24) is 10.3 Å². The first kappa shape index (κ1) is 28.8. The molecule has 1 aromatic heterocycles. The number of carbonyl (C=O) groups excluding carboxylic acids is 1. The molecule has 0 aliphatic heterocycles. The number of hydrogen-bond acceptors (Lipinski definition) is 6. The third-order valence-corrected chi connectivity index (χ3v) is 9.02. The summed E-state index contributed by atoms with van der Waals surface area (Å²) in [5, 5.41) is 14.0. The van der Waals surface area contributed by atoms with Gasteiger partial charge in [-0.25, -0.2) is 13.4 Å². The van der Waals surface area contributed by atoms with Crippen LogP contribution in [-0.4, -0.2) is 49.6 Å². The lowest BCUT2D eigenvalue weighted by Crippen LogP contribution is -2.30. The Balaban J connectivity index is 1.41. The number of alkyl halides is 3. The van der Waals surface area contributed by atoms with Crippen LogP contribution in [0.5, 0.6) is 5.88 Å². The smallest absolute Gasteiger partial charge is 0.391 e. The van der Waals surface area contributed by atoms with E-state index in [1.165, 1.54) is 12.1 Å². The minimum Gasteiger partial charge on any atom is -0.477 e. The number of nitrogens with zero attached hydrogens (tertiary/aromatic N) is 1. The Hall–Kier alpha value is -3.18. The maximum Gasteiger partial charge on any atom is 0.391 e. The first-order chi connectivity index (χ1) is 18.5. The average Bonchev–Trinajstić information content (AvgIpc) is 2.94. The van der Waals surface area contributed by atoms with Gasteiger partial charge in [0.2, 0.25) is 5.88 Å². The number of aliphatic hydroxyl groups is 1. The van der Waals surface area contributed by atoms with Gasteiger partial charge in [0.15, 0.2) is 9.84 Å². The van der Waals surface area contributed by atoms with Crippen LogP contribution in [0.15, 0.2) is 59.6 Å². The highest BCUT2D eigenvalue weighted by Gasteiger charge is 2.41. The van der Waals surface area contributed by atoms with E-state index >= 15 is 0 Å². The van der Waals surface area contributed by atoms with Crippen molar-refractivity contribution in [2.24, 2.45) is 11.8 Å². The summed E-state index contributed by atoms with van der Waals surface area (Å²) >= 11 is 0. The van der Waals surface area contributed by atoms with E-state index in [1.807, 2.05) is 0 Å². The zero-order valence-corrected chi connectivity index (χ0v) is 22.3. The summed E-state index contributed by atoms with van der Waals surface area (Å²) < 4.78 is 68.7. The summed E-state index contributed by atoms with van der Waals surface area (Å²) in [5.41, 5.74) is 0.902. The van der Waals surface area contributed by atoms with Crippen LogP contribution in [-0.2, 0) is 9.84 Å². The molecule has 11 heteroatoms. The molecule has 0 bridgehead atoms. The minimum atomic E-state index is -4.15. The van der Waals surface area contributed by atoms with Crippen LogP contribution in [0.2, 0.25) is 0 Å². The lowest BCUT2D eigenvalue weighted by Gasteiger charge is -2.29. The number of sulfone groups is 1. The molecular formula is C28H31F3N2O5S. The van der Waals surface area contributed by atoms with Gasteiger partial charge in [-0.2, -0.15) is 13.2 Å². The Labute approximate surface area is 225 Å². The standard InChI is InChI=1S/C28H31F3N2O5S/c1-2-39(36,37)23-10-5-19(6-11-23)25(16-34)33-26(35)21-7-12-24-20(15-21)13-14-32-27(24)38-17-18-3-8-22(9-4-18)28(29,30)31/h5-7,10-15,18,22,25,34H,2-4,8-9,16-17H2,1H3,(H,33,35)/t18-,22-,25-/m0/s1. The zero-order chi connectivity index (χ0) is 28.2. The van der Waals surface area contributed by atoms with E-state index in [0.29, 0.717) is 40.6 Å². The van der Waals surface area contributed by atoms with Gasteiger partial charge < -0.3 is 15.2 Å². The van der Waals surface area contributed by atoms with Crippen LogP contribution >= 0.6 is 0 Å². The Morgan fingerprint density at radius 1 is 1.10 bits per heavy atom. The largest absolute Gasteiger partial charge is 0.477 e. The number of rotatable bonds is 9. The SMILES string of the molecule is CCS(=O)(=O)c1ccc([C@H](CO)NC(=O)c2ccc3c(OC[C@H]4CC[C@H](C(F)(F)F)CC4)nccc3c2)cc1. The molecule has 3 aromatic rings. The Morgan fingerprint density at radius 2 is 1.79 bits per heavy atom. The highest BCUT2D eigenvalue weighted by atomic mass is 32.2. The van der Waals surface area contributed by atoms with Gasteiger partial charge in [-0.3, -0.25) is 4.79 Å². The van der Waals surface area contributed by atoms with Crippen LogP contribution in [0.4, 0.5) is 13.2 Å². The Bertz CT molecular complexity index is 1400. The van der Waals surface area contributed by atoms with E-state index in [0.717, 1.165) is 0 Å². The van der Waals surface area contributed by atoms with Crippen molar-refractivity contribution < 1.29 is 36.2 Å².